The third-order valence-corrected chi connectivity index (χ3v) is 0.855. The largest absolute Gasteiger partial charge is 0.457 e. The number of hydrogen-bond donors (Lipinski definition) is 1. The Morgan fingerprint density at radius 2 is 2.10 bits per heavy atom. The van der Waals surface area contributed by atoms with Crippen LogP contribution < -0.4 is 0 Å². The van der Waals surface area contributed by atoms with Gasteiger partial charge in [0.2, 0.25) is 0 Å². The number of halogens is 1. The van der Waals surface area contributed by atoms with Gasteiger partial charge in [-0.2, -0.15) is 0 Å². The SMILES string of the molecule is [C-]#[N+]c1nc(F)[nH]c1[N+]#[C-]. The van der Waals surface area contributed by atoms with E-state index in [0.29, 0.717) is 0 Å². The summed E-state index contributed by atoms with van der Waals surface area (Å²) in [6.45, 7) is 12.9. The molecule has 1 aromatic heterocycles. The molecule has 0 aliphatic heterocycles. The van der Waals surface area contributed by atoms with Crippen molar-refractivity contribution in [3.05, 3.63) is 28.9 Å². The van der Waals surface area contributed by atoms with Gasteiger partial charge in [0.15, 0.2) is 0 Å². The van der Waals surface area contributed by atoms with E-state index in [1.807, 2.05) is 4.98 Å². The number of imidazole rings is 1. The molecule has 48 valence electrons. The van der Waals surface area contributed by atoms with Crippen molar-refractivity contribution in [3.8, 4) is 0 Å². The summed E-state index contributed by atoms with van der Waals surface area (Å²) in [6.07, 6.45) is -0.892. The lowest BCUT2D eigenvalue weighted by Gasteiger charge is -1.78. The molecule has 4 nitrogen and oxygen atoms in total. The van der Waals surface area contributed by atoms with Crippen molar-refractivity contribution in [1.82, 2.24) is 9.97 Å². The summed E-state index contributed by atoms with van der Waals surface area (Å²) < 4.78 is 12.1. The molecular weight excluding hydrogens is 135 g/mol. The number of rotatable bonds is 0. The van der Waals surface area contributed by atoms with Crippen LogP contribution in [-0.4, -0.2) is 9.97 Å². The molecule has 0 amide bonds. The summed E-state index contributed by atoms with van der Waals surface area (Å²) in [6, 6.07) is 0. The first-order valence-corrected chi connectivity index (χ1v) is 2.28. The Bertz CT molecular complexity index is 295. The first kappa shape index (κ1) is 6.24. The summed E-state index contributed by atoms with van der Waals surface area (Å²) in [5, 5.41) is 0. The maximum atomic E-state index is 12.1. The Morgan fingerprint density at radius 1 is 1.40 bits per heavy atom. The van der Waals surface area contributed by atoms with Gasteiger partial charge in [0.1, 0.15) is 0 Å². The maximum Gasteiger partial charge on any atom is 0.457 e. The molecular formula is C5HFN4. The molecule has 1 heterocycles. The lowest BCUT2D eigenvalue weighted by Crippen LogP contribution is -1.69. The molecule has 0 atom stereocenters. The van der Waals surface area contributed by atoms with Crippen LogP contribution in [-0.2, 0) is 0 Å². The molecule has 1 aromatic rings. The van der Waals surface area contributed by atoms with Crippen LogP contribution in [0.2, 0.25) is 0 Å². The van der Waals surface area contributed by atoms with Crippen LogP contribution in [0.1, 0.15) is 0 Å². The number of H-pyrrole nitrogens is 1. The van der Waals surface area contributed by atoms with Gasteiger partial charge in [-0.1, -0.05) is 18.1 Å². The minimum absolute atomic E-state index is 0.146. The van der Waals surface area contributed by atoms with Gasteiger partial charge in [0.05, 0.1) is 0 Å². The maximum absolute atomic E-state index is 12.1. The van der Waals surface area contributed by atoms with Crippen LogP contribution in [0.15, 0.2) is 0 Å². The third kappa shape index (κ3) is 0.805. The number of aromatic nitrogens is 2. The smallest absolute Gasteiger partial charge is 0.373 e. The van der Waals surface area contributed by atoms with Crippen molar-refractivity contribution in [1.29, 1.82) is 0 Å². The number of aromatic amines is 1. The monoisotopic (exact) mass is 136 g/mol. The van der Waals surface area contributed by atoms with E-state index in [0.717, 1.165) is 0 Å². The Labute approximate surface area is 56.0 Å². The lowest BCUT2D eigenvalue weighted by atomic mass is 10.7. The summed E-state index contributed by atoms with van der Waals surface area (Å²) in [4.78, 5) is 10.8. The minimum Gasteiger partial charge on any atom is -0.373 e. The van der Waals surface area contributed by atoms with Crippen LogP contribution in [0.25, 0.3) is 9.69 Å². The van der Waals surface area contributed by atoms with Gasteiger partial charge in [-0.25, -0.2) is 0 Å². The minimum atomic E-state index is -0.892. The first-order chi connectivity index (χ1) is 4.77. The summed E-state index contributed by atoms with van der Waals surface area (Å²) in [5.74, 6) is -0.361. The Balaban J connectivity index is 3.28. The highest BCUT2D eigenvalue weighted by Gasteiger charge is 2.11. The van der Waals surface area contributed by atoms with Gasteiger partial charge < -0.3 is 9.69 Å². The summed E-state index contributed by atoms with van der Waals surface area (Å²) >= 11 is 0. The zero-order valence-corrected chi connectivity index (χ0v) is 4.72. The quantitative estimate of drug-likeness (QED) is 0.541. The predicted octanol–water partition coefficient (Wildman–Crippen LogP) is 1.65. The number of nitrogens with one attached hydrogen (secondary N) is 1. The van der Waals surface area contributed by atoms with Crippen LogP contribution in [0.4, 0.5) is 16.0 Å². The molecule has 0 saturated carbocycles. The van der Waals surface area contributed by atoms with Gasteiger partial charge in [0, 0.05) is 0 Å². The highest BCUT2D eigenvalue weighted by atomic mass is 19.1. The van der Waals surface area contributed by atoms with Crippen molar-refractivity contribution >= 4 is 11.6 Å². The fraction of sp³-hybridized carbons (Fsp3) is 0. The second kappa shape index (κ2) is 2.16. The molecule has 0 radical (unpaired) electrons. The van der Waals surface area contributed by atoms with Gasteiger partial charge in [-0.05, 0) is 0 Å². The topological polar surface area (TPSA) is 37.4 Å². The van der Waals surface area contributed by atoms with Gasteiger partial charge in [-0.15, -0.1) is 4.39 Å². The average molecular weight is 136 g/mol. The van der Waals surface area contributed by atoms with E-state index >= 15 is 0 Å². The standard InChI is InChI=1S/C5HFN4/c1-7-3-4(8-2)10-5(6)9-3/h(H,9,10). The van der Waals surface area contributed by atoms with E-state index in [1.165, 1.54) is 0 Å². The molecule has 0 aromatic carbocycles. The van der Waals surface area contributed by atoms with E-state index in [4.69, 9.17) is 13.1 Å². The van der Waals surface area contributed by atoms with E-state index in [9.17, 15) is 4.39 Å². The van der Waals surface area contributed by atoms with Crippen LogP contribution in [0.3, 0.4) is 0 Å². The molecule has 1 N–H and O–H groups in total. The van der Waals surface area contributed by atoms with Crippen LogP contribution >= 0.6 is 0 Å². The molecule has 5 heteroatoms. The third-order valence-electron chi connectivity index (χ3n) is 0.855. The van der Waals surface area contributed by atoms with Gasteiger partial charge in [0.25, 0.3) is 11.6 Å². The van der Waals surface area contributed by atoms with E-state index in [-0.39, 0.29) is 11.6 Å². The highest BCUT2D eigenvalue weighted by Crippen LogP contribution is 2.23. The van der Waals surface area contributed by atoms with Crippen molar-refractivity contribution in [3.63, 3.8) is 0 Å². The average Bonchev–Trinajstić information content (AvgIpc) is 2.30. The highest BCUT2D eigenvalue weighted by molar-refractivity contribution is 5.60. The normalized spacial score (nSPS) is 8.30. The Kier molecular flexibility index (Phi) is 1.35. The van der Waals surface area contributed by atoms with Crippen molar-refractivity contribution in [2.45, 2.75) is 0 Å². The Morgan fingerprint density at radius 3 is 2.50 bits per heavy atom. The molecule has 0 aliphatic rings. The summed E-state index contributed by atoms with van der Waals surface area (Å²) in [5.41, 5.74) is 0. The number of hydrogen-bond acceptors (Lipinski definition) is 1. The molecule has 10 heavy (non-hydrogen) atoms. The second-order valence-electron chi connectivity index (χ2n) is 1.42. The molecule has 0 unspecified atom stereocenters. The molecule has 0 aliphatic carbocycles. The van der Waals surface area contributed by atoms with Crippen LogP contribution in [0, 0.1) is 19.2 Å². The zero-order valence-electron chi connectivity index (χ0n) is 4.72. The summed E-state index contributed by atoms with van der Waals surface area (Å²) in [7, 11) is 0. The van der Waals surface area contributed by atoms with Gasteiger partial charge in [-0.3, -0.25) is 4.98 Å². The van der Waals surface area contributed by atoms with Crippen molar-refractivity contribution in [2.24, 2.45) is 0 Å². The van der Waals surface area contributed by atoms with Crippen LogP contribution in [0.5, 0.6) is 0 Å². The van der Waals surface area contributed by atoms with Crippen molar-refractivity contribution in [2.75, 3.05) is 0 Å². The van der Waals surface area contributed by atoms with E-state index in [2.05, 4.69) is 14.7 Å². The lowest BCUT2D eigenvalue weighted by molar-refractivity contribution is 0.554. The number of nitrogens with zero attached hydrogens (tertiary/aromatic N) is 3. The molecule has 0 fully saturated rings. The Hall–Kier alpha value is -1.88. The predicted molar refractivity (Wildman–Crippen MR) is 31.1 cm³/mol. The molecule has 0 saturated heterocycles. The fourth-order valence-corrected chi connectivity index (χ4v) is 0.483. The van der Waals surface area contributed by atoms with E-state index < -0.39 is 6.08 Å². The fourth-order valence-electron chi connectivity index (χ4n) is 0.483. The second-order valence-corrected chi connectivity index (χ2v) is 1.42. The zero-order chi connectivity index (χ0) is 7.56. The molecule has 0 bridgehead atoms. The molecule has 1 rings (SSSR count). The van der Waals surface area contributed by atoms with Crippen molar-refractivity contribution < 1.29 is 4.39 Å². The van der Waals surface area contributed by atoms with E-state index in [1.54, 1.807) is 0 Å². The van der Waals surface area contributed by atoms with Gasteiger partial charge >= 0.3 is 6.08 Å². The molecule has 0 spiro atoms. The first-order valence-electron chi connectivity index (χ1n) is 2.28.